The third kappa shape index (κ3) is 3.77. The number of hydrogen-bond donors (Lipinski definition) is 2. The van der Waals surface area contributed by atoms with Crippen LogP contribution in [-0.2, 0) is 5.92 Å². The van der Waals surface area contributed by atoms with Crippen molar-refractivity contribution < 1.29 is 28.0 Å². The molecule has 3 nitrogen and oxygen atoms in total. The van der Waals surface area contributed by atoms with Gasteiger partial charge < -0.3 is 14.8 Å². The van der Waals surface area contributed by atoms with Crippen LogP contribution in [0.3, 0.4) is 0 Å². The van der Waals surface area contributed by atoms with Gasteiger partial charge >= 0.3 is 13.0 Å². The number of halogens is 3. The lowest BCUT2D eigenvalue weighted by atomic mass is 9.79. The topological polar surface area (TPSA) is 49.7 Å². The first-order valence-corrected chi connectivity index (χ1v) is 6.12. The molecule has 0 aromatic heterocycles. The quantitative estimate of drug-likeness (QED) is 0.825. The second kappa shape index (κ2) is 6.20. The van der Waals surface area contributed by atoms with E-state index >= 15 is 0 Å². The molecule has 0 bridgehead atoms. The molecule has 21 heavy (non-hydrogen) atoms. The largest absolute Gasteiger partial charge is 0.492 e. The third-order valence-corrected chi connectivity index (χ3v) is 2.86. The highest BCUT2D eigenvalue weighted by atomic mass is 19.3. The van der Waals surface area contributed by atoms with Gasteiger partial charge in [0.1, 0.15) is 11.6 Å². The summed E-state index contributed by atoms with van der Waals surface area (Å²) in [6.45, 7) is -0.998. The molecular formula is C14H12BF3O3. The Morgan fingerprint density at radius 2 is 1.71 bits per heavy atom. The molecule has 2 aromatic rings. The van der Waals surface area contributed by atoms with Crippen LogP contribution in [0.5, 0.6) is 5.75 Å². The molecule has 0 aliphatic rings. The van der Waals surface area contributed by atoms with E-state index in [4.69, 9.17) is 14.8 Å². The second-order valence-electron chi connectivity index (χ2n) is 4.41. The van der Waals surface area contributed by atoms with Crippen LogP contribution in [0.2, 0.25) is 0 Å². The predicted octanol–water partition coefficient (Wildman–Crippen LogP) is 1.68. The van der Waals surface area contributed by atoms with Crippen molar-refractivity contribution >= 4 is 12.6 Å². The Bertz CT molecular complexity index is 606. The SMILES string of the molecule is OB(O)c1cc(F)ccc1OCC(F)(F)c1ccccc1. The van der Waals surface area contributed by atoms with Gasteiger partial charge in [-0.2, -0.15) is 8.78 Å². The van der Waals surface area contributed by atoms with Gasteiger partial charge in [-0.05, 0) is 18.2 Å². The lowest BCUT2D eigenvalue weighted by Gasteiger charge is -2.19. The van der Waals surface area contributed by atoms with Crippen molar-refractivity contribution in [2.45, 2.75) is 5.92 Å². The Balaban J connectivity index is 2.16. The molecule has 2 aromatic carbocycles. The van der Waals surface area contributed by atoms with E-state index in [0.29, 0.717) is 0 Å². The van der Waals surface area contributed by atoms with Crippen LogP contribution < -0.4 is 10.2 Å². The smallest absolute Gasteiger partial charge is 0.487 e. The minimum atomic E-state index is -3.26. The van der Waals surface area contributed by atoms with E-state index in [1.54, 1.807) is 6.07 Å². The predicted molar refractivity (Wildman–Crippen MR) is 72.1 cm³/mol. The Morgan fingerprint density at radius 3 is 2.33 bits per heavy atom. The lowest BCUT2D eigenvalue weighted by molar-refractivity contribution is -0.0465. The van der Waals surface area contributed by atoms with Crippen molar-refractivity contribution in [3.8, 4) is 5.75 Å². The number of ether oxygens (including phenoxy) is 1. The van der Waals surface area contributed by atoms with Crippen molar-refractivity contribution in [1.29, 1.82) is 0 Å². The van der Waals surface area contributed by atoms with E-state index in [9.17, 15) is 13.2 Å². The zero-order valence-corrected chi connectivity index (χ0v) is 10.8. The number of rotatable bonds is 5. The molecule has 0 aliphatic heterocycles. The first-order valence-electron chi connectivity index (χ1n) is 6.12. The zero-order chi connectivity index (χ0) is 15.5. The normalized spacial score (nSPS) is 11.3. The summed E-state index contributed by atoms with van der Waals surface area (Å²) in [5, 5.41) is 18.2. The fourth-order valence-electron chi connectivity index (χ4n) is 1.79. The van der Waals surface area contributed by atoms with Crippen LogP contribution in [0.15, 0.2) is 48.5 Å². The van der Waals surface area contributed by atoms with Gasteiger partial charge in [-0.25, -0.2) is 4.39 Å². The van der Waals surface area contributed by atoms with Crippen molar-refractivity contribution in [2.75, 3.05) is 6.61 Å². The summed E-state index contributed by atoms with van der Waals surface area (Å²) in [7, 11) is -2.01. The molecule has 0 spiro atoms. The van der Waals surface area contributed by atoms with Crippen molar-refractivity contribution in [3.05, 3.63) is 59.9 Å². The maximum Gasteiger partial charge on any atom is 0.492 e. The van der Waals surface area contributed by atoms with Gasteiger partial charge in [0, 0.05) is 11.0 Å². The van der Waals surface area contributed by atoms with E-state index < -0.39 is 25.5 Å². The van der Waals surface area contributed by atoms with Gasteiger partial charge in [0.05, 0.1) is 0 Å². The van der Waals surface area contributed by atoms with E-state index in [0.717, 1.165) is 18.2 Å². The van der Waals surface area contributed by atoms with Crippen molar-refractivity contribution in [1.82, 2.24) is 0 Å². The van der Waals surface area contributed by atoms with Crippen LogP contribution in [0.25, 0.3) is 0 Å². The average Bonchev–Trinajstić information content (AvgIpc) is 2.47. The van der Waals surface area contributed by atoms with Crippen LogP contribution in [0.4, 0.5) is 13.2 Å². The van der Waals surface area contributed by atoms with Crippen LogP contribution >= 0.6 is 0 Å². The van der Waals surface area contributed by atoms with E-state index in [1.807, 2.05) is 0 Å². The maximum absolute atomic E-state index is 13.9. The van der Waals surface area contributed by atoms with Crippen LogP contribution in [0.1, 0.15) is 5.56 Å². The van der Waals surface area contributed by atoms with E-state index in [1.165, 1.54) is 24.3 Å². The first-order chi connectivity index (χ1) is 9.90. The van der Waals surface area contributed by atoms with Gasteiger partial charge in [0.2, 0.25) is 0 Å². The monoisotopic (exact) mass is 296 g/mol. The summed E-state index contributed by atoms with van der Waals surface area (Å²) in [6, 6.07) is 9.97. The molecule has 0 radical (unpaired) electrons. The second-order valence-corrected chi connectivity index (χ2v) is 4.41. The number of hydrogen-bond acceptors (Lipinski definition) is 3. The Kier molecular flexibility index (Phi) is 4.54. The Labute approximate surface area is 119 Å². The fourth-order valence-corrected chi connectivity index (χ4v) is 1.79. The molecule has 2 rings (SSSR count). The summed E-state index contributed by atoms with van der Waals surface area (Å²) in [5.41, 5.74) is -0.530. The van der Waals surface area contributed by atoms with Gasteiger partial charge in [0.15, 0.2) is 6.61 Å². The van der Waals surface area contributed by atoms with Crippen LogP contribution in [0, 0.1) is 5.82 Å². The summed E-state index contributed by atoms with van der Waals surface area (Å²) < 4.78 is 45.8. The maximum atomic E-state index is 13.9. The summed E-state index contributed by atoms with van der Waals surface area (Å²) in [5.74, 6) is -4.19. The van der Waals surface area contributed by atoms with Gasteiger partial charge in [-0.1, -0.05) is 30.3 Å². The lowest BCUT2D eigenvalue weighted by Crippen LogP contribution is -2.33. The van der Waals surface area contributed by atoms with Gasteiger partial charge in [-0.15, -0.1) is 0 Å². The molecule has 110 valence electrons. The van der Waals surface area contributed by atoms with E-state index in [-0.39, 0.29) is 16.8 Å². The highest BCUT2D eigenvalue weighted by Crippen LogP contribution is 2.28. The molecule has 0 heterocycles. The molecule has 0 saturated carbocycles. The molecule has 0 amide bonds. The molecule has 7 heteroatoms. The summed E-state index contributed by atoms with van der Waals surface area (Å²) >= 11 is 0. The Morgan fingerprint density at radius 1 is 1.05 bits per heavy atom. The molecule has 2 N–H and O–H groups in total. The summed E-state index contributed by atoms with van der Waals surface area (Å²) in [4.78, 5) is 0. The molecule has 0 saturated heterocycles. The minimum Gasteiger partial charge on any atom is -0.487 e. The van der Waals surface area contributed by atoms with Gasteiger partial charge in [-0.3, -0.25) is 0 Å². The minimum absolute atomic E-state index is 0.206. The Hall–Kier alpha value is -1.99. The van der Waals surface area contributed by atoms with E-state index in [2.05, 4.69) is 0 Å². The fraction of sp³-hybridized carbons (Fsp3) is 0.143. The number of alkyl halides is 2. The third-order valence-electron chi connectivity index (χ3n) is 2.86. The highest BCUT2D eigenvalue weighted by molar-refractivity contribution is 6.59. The molecule has 0 atom stereocenters. The highest BCUT2D eigenvalue weighted by Gasteiger charge is 2.33. The number of benzene rings is 2. The molecule has 0 unspecified atom stereocenters. The van der Waals surface area contributed by atoms with Crippen molar-refractivity contribution in [3.63, 3.8) is 0 Å². The molecule has 0 aliphatic carbocycles. The first kappa shape index (κ1) is 15.4. The average molecular weight is 296 g/mol. The standard InChI is InChI=1S/C14H12BF3O3/c16-11-6-7-13(12(8-11)15(19)20)21-9-14(17,18)10-4-2-1-3-5-10/h1-8,19-20H,9H2. The van der Waals surface area contributed by atoms with Crippen molar-refractivity contribution in [2.24, 2.45) is 0 Å². The summed E-state index contributed by atoms with van der Waals surface area (Å²) in [6.07, 6.45) is 0. The van der Waals surface area contributed by atoms with Gasteiger partial charge in [0.25, 0.3) is 0 Å². The molecular weight excluding hydrogens is 284 g/mol. The zero-order valence-electron chi connectivity index (χ0n) is 10.8. The molecule has 0 fully saturated rings. The van der Waals surface area contributed by atoms with Crippen LogP contribution in [-0.4, -0.2) is 23.8 Å².